The number of carbonyl (C=O) groups excluding carboxylic acids is 5. The van der Waals surface area contributed by atoms with E-state index in [2.05, 4.69) is 10.6 Å². The van der Waals surface area contributed by atoms with E-state index < -0.39 is 35.1 Å². The Morgan fingerprint density at radius 1 is 1.06 bits per heavy atom. The molecule has 0 spiro atoms. The first-order chi connectivity index (χ1) is 17.3. The number of amides is 5. The first-order valence-corrected chi connectivity index (χ1v) is 11.8. The second-order valence-electron chi connectivity index (χ2n) is 9.36. The fraction of sp³-hybridized carbons (Fsp3) is 0.346. The van der Waals surface area contributed by atoms with E-state index >= 15 is 0 Å². The Kier molecular flexibility index (Phi) is 6.13. The molecule has 2 saturated heterocycles. The number of hydrogen-bond acceptors (Lipinski definition) is 6. The Balaban J connectivity index is 1.37. The molecule has 2 aromatic rings. The molecule has 0 saturated carbocycles. The third kappa shape index (κ3) is 4.28. The van der Waals surface area contributed by atoms with Gasteiger partial charge in [0.1, 0.15) is 11.9 Å². The predicted octanol–water partition coefficient (Wildman–Crippen LogP) is 2.20. The molecule has 3 heterocycles. The lowest BCUT2D eigenvalue weighted by molar-refractivity contribution is -0.136. The van der Waals surface area contributed by atoms with Gasteiger partial charge in [0.2, 0.25) is 17.7 Å². The summed E-state index contributed by atoms with van der Waals surface area (Å²) >= 11 is 0. The van der Waals surface area contributed by atoms with Crippen LogP contribution in [0.2, 0.25) is 0 Å². The number of benzene rings is 2. The maximum Gasteiger partial charge on any atom is 0.262 e. The quantitative estimate of drug-likeness (QED) is 0.616. The van der Waals surface area contributed by atoms with Crippen LogP contribution >= 0.6 is 0 Å². The first kappa shape index (κ1) is 23.8. The van der Waals surface area contributed by atoms with Crippen LogP contribution in [0.4, 0.5) is 10.1 Å². The van der Waals surface area contributed by atoms with Crippen molar-refractivity contribution in [3.05, 3.63) is 65.0 Å². The Bertz CT molecular complexity index is 1290. The van der Waals surface area contributed by atoms with Crippen LogP contribution in [0.3, 0.4) is 0 Å². The molecule has 9 nitrogen and oxygen atoms in total. The van der Waals surface area contributed by atoms with E-state index in [1.165, 1.54) is 30.3 Å². The third-order valence-corrected chi connectivity index (χ3v) is 7.06. The van der Waals surface area contributed by atoms with Crippen LogP contribution in [-0.2, 0) is 25.5 Å². The number of fused-ring (bicyclic) bond motifs is 1. The molecule has 1 unspecified atom stereocenters. The first-order valence-electron chi connectivity index (χ1n) is 11.8. The van der Waals surface area contributed by atoms with Gasteiger partial charge in [-0.2, -0.15) is 0 Å². The van der Waals surface area contributed by atoms with Gasteiger partial charge in [-0.3, -0.25) is 34.2 Å². The van der Waals surface area contributed by atoms with E-state index in [1.54, 1.807) is 12.1 Å². The lowest BCUT2D eigenvalue weighted by Crippen LogP contribution is -2.54. The number of halogens is 1. The van der Waals surface area contributed by atoms with Gasteiger partial charge in [-0.1, -0.05) is 12.1 Å². The number of nitrogens with zero attached hydrogens (tertiary/aromatic N) is 1. The highest BCUT2D eigenvalue weighted by Crippen LogP contribution is 2.37. The van der Waals surface area contributed by atoms with Crippen LogP contribution in [0.1, 0.15) is 52.0 Å². The zero-order valence-corrected chi connectivity index (χ0v) is 19.3. The van der Waals surface area contributed by atoms with Gasteiger partial charge in [-0.15, -0.1) is 0 Å². The minimum Gasteiger partial charge on any atom is -0.381 e. The maximum atomic E-state index is 13.8. The van der Waals surface area contributed by atoms with Crippen LogP contribution in [0.5, 0.6) is 0 Å². The lowest BCUT2D eigenvalue weighted by atomic mass is 9.74. The highest BCUT2D eigenvalue weighted by atomic mass is 19.1. The lowest BCUT2D eigenvalue weighted by Gasteiger charge is -2.36. The van der Waals surface area contributed by atoms with E-state index in [4.69, 9.17) is 4.74 Å². The van der Waals surface area contributed by atoms with Crippen molar-refractivity contribution >= 4 is 35.2 Å². The summed E-state index contributed by atoms with van der Waals surface area (Å²) in [4.78, 5) is 64.1. The molecule has 0 bridgehead atoms. The Morgan fingerprint density at radius 2 is 1.81 bits per heavy atom. The molecule has 0 aromatic heterocycles. The van der Waals surface area contributed by atoms with Gasteiger partial charge in [0, 0.05) is 25.3 Å². The monoisotopic (exact) mass is 493 g/mol. The van der Waals surface area contributed by atoms with Crippen molar-refractivity contribution in [3.8, 4) is 0 Å². The van der Waals surface area contributed by atoms with Crippen LogP contribution in [0.25, 0.3) is 0 Å². The standard InChI is InChI=1S/C26H24FN3O6/c27-16-3-1-2-15(12-16)14-26(8-10-36-11-9-26)25(35)28-17-4-5-18-19(13-17)24(34)30(23(18)33)20-6-7-21(31)29-22(20)32/h1-5,12-13,20H,6-11,14H2,(H,28,35)(H,29,31,32). The van der Waals surface area contributed by atoms with Gasteiger partial charge in [-0.05, 0) is 61.6 Å². The summed E-state index contributed by atoms with van der Waals surface area (Å²) in [5, 5.41) is 5.03. The van der Waals surface area contributed by atoms with Gasteiger partial charge in [0.15, 0.2) is 0 Å². The molecule has 0 aliphatic carbocycles. The van der Waals surface area contributed by atoms with Crippen LogP contribution in [0, 0.1) is 11.2 Å². The number of hydrogen-bond donors (Lipinski definition) is 2. The molecule has 3 aliphatic rings. The molecule has 5 rings (SSSR count). The van der Waals surface area contributed by atoms with Crippen molar-refractivity contribution in [2.75, 3.05) is 18.5 Å². The van der Waals surface area contributed by atoms with Crippen molar-refractivity contribution in [1.82, 2.24) is 10.2 Å². The average Bonchev–Trinajstić information content (AvgIpc) is 3.09. The van der Waals surface area contributed by atoms with Crippen molar-refractivity contribution in [2.24, 2.45) is 5.41 Å². The van der Waals surface area contributed by atoms with Crippen molar-refractivity contribution in [3.63, 3.8) is 0 Å². The van der Waals surface area contributed by atoms with Crippen LogP contribution in [-0.4, -0.2) is 53.7 Å². The van der Waals surface area contributed by atoms with Gasteiger partial charge in [-0.25, -0.2) is 4.39 Å². The number of nitrogens with one attached hydrogen (secondary N) is 2. The number of carbonyl (C=O) groups is 5. The summed E-state index contributed by atoms with van der Waals surface area (Å²) in [5.74, 6) is -3.06. The SMILES string of the molecule is O=C1CCC(N2C(=O)c3ccc(NC(=O)C4(Cc5cccc(F)c5)CCOCC4)cc3C2=O)C(=O)N1. The van der Waals surface area contributed by atoms with Gasteiger partial charge >= 0.3 is 0 Å². The van der Waals surface area contributed by atoms with E-state index in [-0.39, 0.29) is 35.7 Å². The molecule has 10 heteroatoms. The number of piperidine rings is 1. The molecule has 186 valence electrons. The minimum atomic E-state index is -1.06. The average molecular weight is 493 g/mol. The maximum absolute atomic E-state index is 13.8. The topological polar surface area (TPSA) is 122 Å². The Morgan fingerprint density at radius 3 is 2.53 bits per heavy atom. The van der Waals surface area contributed by atoms with Crippen LogP contribution in [0.15, 0.2) is 42.5 Å². The summed E-state index contributed by atoms with van der Waals surface area (Å²) in [6, 6.07) is 9.48. The molecular weight excluding hydrogens is 469 g/mol. The van der Waals surface area contributed by atoms with E-state index in [0.29, 0.717) is 43.7 Å². The third-order valence-electron chi connectivity index (χ3n) is 7.06. The Hall–Kier alpha value is -3.92. The fourth-order valence-corrected chi connectivity index (χ4v) is 5.10. The number of anilines is 1. The van der Waals surface area contributed by atoms with Gasteiger partial charge in [0.05, 0.1) is 16.5 Å². The summed E-state index contributed by atoms with van der Waals surface area (Å²) in [6.07, 6.45) is 1.31. The highest BCUT2D eigenvalue weighted by molar-refractivity contribution is 6.24. The van der Waals surface area contributed by atoms with E-state index in [9.17, 15) is 28.4 Å². The van der Waals surface area contributed by atoms with Gasteiger partial charge < -0.3 is 10.1 Å². The number of ether oxygens (including phenoxy) is 1. The summed E-state index contributed by atoms with van der Waals surface area (Å²) in [7, 11) is 0. The predicted molar refractivity (Wildman–Crippen MR) is 124 cm³/mol. The molecular formula is C26H24FN3O6. The molecule has 5 amide bonds. The zero-order chi connectivity index (χ0) is 25.4. The fourth-order valence-electron chi connectivity index (χ4n) is 5.10. The van der Waals surface area contributed by atoms with Crippen LogP contribution < -0.4 is 10.6 Å². The van der Waals surface area contributed by atoms with Crippen molar-refractivity contribution in [2.45, 2.75) is 38.1 Å². The van der Waals surface area contributed by atoms with E-state index in [1.807, 2.05) is 0 Å². The molecule has 36 heavy (non-hydrogen) atoms. The zero-order valence-electron chi connectivity index (χ0n) is 19.3. The molecule has 1 atom stereocenters. The van der Waals surface area contributed by atoms with Crippen molar-refractivity contribution in [1.29, 1.82) is 0 Å². The molecule has 3 aliphatic heterocycles. The number of rotatable bonds is 5. The second-order valence-corrected chi connectivity index (χ2v) is 9.36. The highest BCUT2D eigenvalue weighted by Gasteiger charge is 2.45. The summed E-state index contributed by atoms with van der Waals surface area (Å²) in [5.41, 5.74) is 0.401. The second kappa shape index (κ2) is 9.27. The normalized spacial score (nSPS) is 21.2. The van der Waals surface area contributed by atoms with E-state index in [0.717, 1.165) is 4.90 Å². The molecule has 0 radical (unpaired) electrons. The van der Waals surface area contributed by atoms with Gasteiger partial charge in [0.25, 0.3) is 11.8 Å². The summed E-state index contributed by atoms with van der Waals surface area (Å²) in [6.45, 7) is 0.779. The number of imide groups is 2. The largest absolute Gasteiger partial charge is 0.381 e. The molecule has 2 N–H and O–H groups in total. The Labute approximate surface area is 206 Å². The smallest absolute Gasteiger partial charge is 0.262 e. The minimum absolute atomic E-state index is 0.0300. The molecule has 2 fully saturated rings. The summed E-state index contributed by atoms with van der Waals surface area (Å²) < 4.78 is 19.2. The molecule has 2 aromatic carbocycles. The van der Waals surface area contributed by atoms with Crippen molar-refractivity contribution < 1.29 is 33.1 Å².